The molecular formula is C26H27N3O6. The lowest BCUT2D eigenvalue weighted by atomic mass is 9.85. The van der Waals surface area contributed by atoms with Crippen LogP contribution in [-0.2, 0) is 14.4 Å². The molecule has 35 heavy (non-hydrogen) atoms. The summed E-state index contributed by atoms with van der Waals surface area (Å²) in [6, 6.07) is 11.8. The van der Waals surface area contributed by atoms with Crippen molar-refractivity contribution in [2.24, 2.45) is 11.8 Å². The molecule has 0 bridgehead atoms. The number of nitrogens with one attached hydrogen (secondary N) is 2. The minimum Gasteiger partial charge on any atom is -0.494 e. The molecule has 0 spiro atoms. The van der Waals surface area contributed by atoms with Crippen LogP contribution in [0.5, 0.6) is 11.5 Å². The quantitative estimate of drug-likeness (QED) is 0.446. The van der Waals surface area contributed by atoms with E-state index < -0.39 is 0 Å². The molecule has 4 rings (SSSR count). The molecule has 2 aromatic rings. The summed E-state index contributed by atoms with van der Waals surface area (Å²) >= 11 is 0. The van der Waals surface area contributed by atoms with Gasteiger partial charge in [-0.2, -0.15) is 0 Å². The van der Waals surface area contributed by atoms with Crippen LogP contribution in [0.4, 0.5) is 11.4 Å². The second-order valence-electron chi connectivity index (χ2n) is 8.36. The van der Waals surface area contributed by atoms with Crippen LogP contribution >= 0.6 is 0 Å². The molecule has 0 radical (unpaired) electrons. The van der Waals surface area contributed by atoms with Gasteiger partial charge in [-0.15, -0.1) is 0 Å². The number of anilines is 2. The lowest BCUT2D eigenvalue weighted by molar-refractivity contribution is -0.140. The van der Waals surface area contributed by atoms with Crippen LogP contribution in [0.2, 0.25) is 0 Å². The number of carbonyl (C=O) groups is 4. The molecule has 2 N–H and O–H groups in total. The Bertz CT molecular complexity index is 1150. The summed E-state index contributed by atoms with van der Waals surface area (Å²) in [7, 11) is 2.89. The number of hydrogen-bond donors (Lipinski definition) is 2. The van der Waals surface area contributed by atoms with Crippen molar-refractivity contribution in [2.75, 3.05) is 31.4 Å². The number of nitrogens with zero attached hydrogens (tertiary/aromatic N) is 1. The fraction of sp³-hybridized carbons (Fsp3) is 0.308. The van der Waals surface area contributed by atoms with E-state index in [4.69, 9.17) is 9.47 Å². The third-order valence-corrected chi connectivity index (χ3v) is 6.24. The molecule has 1 aliphatic carbocycles. The van der Waals surface area contributed by atoms with E-state index in [9.17, 15) is 19.2 Å². The summed E-state index contributed by atoms with van der Waals surface area (Å²) in [6.45, 7) is 0.0150. The topological polar surface area (TPSA) is 114 Å². The van der Waals surface area contributed by atoms with Gasteiger partial charge in [-0.3, -0.25) is 24.1 Å². The number of amides is 4. The average Bonchev–Trinajstić information content (AvgIpc) is 3.13. The SMILES string of the molecule is COc1cc(NC(=O)c2ccccc2)c(OC)cc1NC(=O)CCN1C(=O)[C@H]2CC=CC[C@@H]2C1=O. The summed E-state index contributed by atoms with van der Waals surface area (Å²) in [5.74, 6) is -1.14. The zero-order valence-electron chi connectivity index (χ0n) is 19.6. The lowest BCUT2D eigenvalue weighted by Gasteiger charge is -2.17. The third-order valence-electron chi connectivity index (χ3n) is 6.24. The molecule has 1 saturated heterocycles. The highest BCUT2D eigenvalue weighted by atomic mass is 16.5. The Labute approximate surface area is 203 Å². The zero-order chi connectivity index (χ0) is 24.9. The Morgan fingerprint density at radius 3 is 1.97 bits per heavy atom. The number of benzene rings is 2. The molecule has 0 aromatic heterocycles. The molecule has 4 amide bonds. The molecule has 9 heteroatoms. The highest BCUT2D eigenvalue weighted by Gasteiger charge is 2.46. The van der Waals surface area contributed by atoms with Crippen LogP contribution in [0.1, 0.15) is 29.6 Å². The van der Waals surface area contributed by atoms with Crippen molar-refractivity contribution in [3.8, 4) is 11.5 Å². The number of fused-ring (bicyclic) bond motifs is 1. The number of rotatable bonds is 8. The maximum absolute atomic E-state index is 12.7. The zero-order valence-corrected chi connectivity index (χ0v) is 19.6. The van der Waals surface area contributed by atoms with Crippen LogP contribution in [0, 0.1) is 11.8 Å². The Hall–Kier alpha value is -4.14. The van der Waals surface area contributed by atoms with Gasteiger partial charge < -0.3 is 20.1 Å². The van der Waals surface area contributed by atoms with Gasteiger partial charge in [-0.05, 0) is 25.0 Å². The molecule has 1 fully saturated rings. The van der Waals surface area contributed by atoms with Gasteiger partial charge in [-0.1, -0.05) is 30.4 Å². The largest absolute Gasteiger partial charge is 0.494 e. The van der Waals surface area contributed by atoms with Gasteiger partial charge in [0.2, 0.25) is 17.7 Å². The molecular weight excluding hydrogens is 450 g/mol. The Balaban J connectivity index is 1.43. The monoisotopic (exact) mass is 477 g/mol. The van der Waals surface area contributed by atoms with Gasteiger partial charge in [0.25, 0.3) is 5.91 Å². The Morgan fingerprint density at radius 1 is 0.886 bits per heavy atom. The third kappa shape index (κ3) is 5.03. The van der Waals surface area contributed by atoms with Crippen LogP contribution < -0.4 is 20.1 Å². The van der Waals surface area contributed by atoms with Crippen LogP contribution in [0.15, 0.2) is 54.6 Å². The van der Waals surface area contributed by atoms with Crippen molar-refractivity contribution in [2.45, 2.75) is 19.3 Å². The van der Waals surface area contributed by atoms with Crippen molar-refractivity contribution in [3.05, 3.63) is 60.2 Å². The van der Waals surface area contributed by atoms with E-state index in [1.54, 1.807) is 36.4 Å². The minimum absolute atomic E-state index is 0.0150. The standard InChI is InChI=1S/C26H27N3O6/c1-34-21-15-20(28-24(31)16-8-4-3-5-9-16)22(35-2)14-19(21)27-23(30)12-13-29-25(32)17-10-6-7-11-18(17)26(29)33/h3-9,14-15,17-18H,10-13H2,1-2H3,(H,27,30)(H,28,31)/t17-,18-/m0/s1. The fourth-order valence-corrected chi connectivity index (χ4v) is 4.39. The van der Waals surface area contributed by atoms with Gasteiger partial charge >= 0.3 is 0 Å². The number of methoxy groups -OCH3 is 2. The molecule has 2 aliphatic rings. The smallest absolute Gasteiger partial charge is 0.255 e. The molecule has 182 valence electrons. The lowest BCUT2D eigenvalue weighted by Crippen LogP contribution is -2.34. The molecule has 9 nitrogen and oxygen atoms in total. The first-order chi connectivity index (χ1) is 16.9. The number of allylic oxidation sites excluding steroid dienone is 2. The van der Waals surface area contributed by atoms with Crippen molar-refractivity contribution < 1.29 is 28.7 Å². The van der Waals surface area contributed by atoms with Gasteiger partial charge in [0, 0.05) is 30.7 Å². The van der Waals surface area contributed by atoms with Crippen molar-refractivity contribution in [1.82, 2.24) is 4.90 Å². The van der Waals surface area contributed by atoms with Gasteiger partial charge in [0.15, 0.2) is 0 Å². The molecule has 0 unspecified atom stereocenters. The number of carbonyl (C=O) groups excluding carboxylic acids is 4. The van der Waals surface area contributed by atoms with E-state index in [1.807, 2.05) is 18.2 Å². The van der Waals surface area contributed by atoms with E-state index in [2.05, 4.69) is 10.6 Å². The molecule has 1 aliphatic heterocycles. The van der Waals surface area contributed by atoms with Crippen LogP contribution in [0.25, 0.3) is 0 Å². The second-order valence-corrected chi connectivity index (χ2v) is 8.36. The first-order valence-corrected chi connectivity index (χ1v) is 11.4. The Kier molecular flexibility index (Phi) is 7.14. The fourth-order valence-electron chi connectivity index (χ4n) is 4.39. The summed E-state index contributed by atoms with van der Waals surface area (Å²) < 4.78 is 10.8. The Morgan fingerprint density at radius 2 is 1.43 bits per heavy atom. The average molecular weight is 478 g/mol. The molecule has 0 saturated carbocycles. The van der Waals surface area contributed by atoms with Crippen LogP contribution in [-0.4, -0.2) is 49.3 Å². The second kappa shape index (κ2) is 10.4. The van der Waals surface area contributed by atoms with Gasteiger partial charge in [0.1, 0.15) is 11.5 Å². The van der Waals surface area contributed by atoms with Crippen molar-refractivity contribution in [1.29, 1.82) is 0 Å². The van der Waals surface area contributed by atoms with Crippen molar-refractivity contribution in [3.63, 3.8) is 0 Å². The van der Waals surface area contributed by atoms with E-state index >= 15 is 0 Å². The number of hydrogen-bond acceptors (Lipinski definition) is 6. The highest BCUT2D eigenvalue weighted by molar-refractivity contribution is 6.07. The first kappa shape index (κ1) is 24.0. The molecule has 1 heterocycles. The van der Waals surface area contributed by atoms with E-state index in [-0.39, 0.29) is 48.4 Å². The van der Waals surface area contributed by atoms with Crippen LogP contribution in [0.3, 0.4) is 0 Å². The predicted molar refractivity (Wildman–Crippen MR) is 129 cm³/mol. The number of likely N-dealkylation sites (tertiary alicyclic amines) is 1. The summed E-state index contributed by atoms with van der Waals surface area (Å²) in [5.41, 5.74) is 1.19. The summed E-state index contributed by atoms with van der Waals surface area (Å²) in [5, 5.41) is 5.53. The summed E-state index contributed by atoms with van der Waals surface area (Å²) in [6.07, 6.45) is 4.91. The van der Waals surface area contributed by atoms with E-state index in [0.29, 0.717) is 41.3 Å². The summed E-state index contributed by atoms with van der Waals surface area (Å²) in [4.78, 5) is 51.6. The maximum Gasteiger partial charge on any atom is 0.255 e. The first-order valence-electron chi connectivity index (χ1n) is 11.4. The molecule has 2 atom stereocenters. The van der Waals surface area contributed by atoms with Gasteiger partial charge in [-0.25, -0.2) is 0 Å². The van der Waals surface area contributed by atoms with Gasteiger partial charge in [0.05, 0.1) is 37.4 Å². The van der Waals surface area contributed by atoms with Crippen molar-refractivity contribution >= 4 is 35.0 Å². The predicted octanol–water partition coefficient (Wildman–Crippen LogP) is 3.24. The van der Waals surface area contributed by atoms with E-state index in [1.165, 1.54) is 19.1 Å². The normalized spacial score (nSPS) is 18.7. The molecule has 2 aromatic carbocycles. The van der Waals surface area contributed by atoms with E-state index in [0.717, 1.165) is 0 Å². The maximum atomic E-state index is 12.7. The highest BCUT2D eigenvalue weighted by Crippen LogP contribution is 2.37. The number of imide groups is 1. The number of ether oxygens (including phenoxy) is 2. The minimum atomic E-state index is -0.389.